The standard InChI is InChI=1S/C14H19NO3/c1-10-9-11(15(2)3)5-6-12(10)13(7-8-16)14(17)18-4/h5-6,8-9,13H,7H2,1-4H3/t13-/m1/s1. The molecule has 0 amide bonds. The Balaban J connectivity index is 3.13. The molecule has 0 aliphatic carbocycles. The highest BCUT2D eigenvalue weighted by Crippen LogP contribution is 2.26. The Morgan fingerprint density at radius 3 is 2.56 bits per heavy atom. The van der Waals surface area contributed by atoms with Crippen molar-refractivity contribution in [2.45, 2.75) is 19.3 Å². The Bertz CT molecular complexity index is 441. The highest BCUT2D eigenvalue weighted by molar-refractivity contribution is 5.81. The highest BCUT2D eigenvalue weighted by atomic mass is 16.5. The zero-order valence-electron chi connectivity index (χ0n) is 11.3. The van der Waals surface area contributed by atoms with Gasteiger partial charge in [0.25, 0.3) is 0 Å². The zero-order valence-corrected chi connectivity index (χ0v) is 11.3. The molecular formula is C14H19NO3. The van der Waals surface area contributed by atoms with Gasteiger partial charge in [0, 0.05) is 26.2 Å². The molecule has 1 atom stereocenters. The Hall–Kier alpha value is -1.84. The molecule has 4 nitrogen and oxygen atoms in total. The third kappa shape index (κ3) is 3.09. The van der Waals surface area contributed by atoms with Gasteiger partial charge in [-0.05, 0) is 30.2 Å². The number of ether oxygens (including phenoxy) is 1. The van der Waals surface area contributed by atoms with Crippen LogP contribution in [0.15, 0.2) is 18.2 Å². The highest BCUT2D eigenvalue weighted by Gasteiger charge is 2.22. The van der Waals surface area contributed by atoms with Gasteiger partial charge in [-0.25, -0.2) is 0 Å². The minimum absolute atomic E-state index is 0.148. The summed E-state index contributed by atoms with van der Waals surface area (Å²) in [5.41, 5.74) is 2.89. The molecule has 1 aromatic carbocycles. The van der Waals surface area contributed by atoms with Crippen LogP contribution in [0.4, 0.5) is 5.69 Å². The molecule has 0 saturated heterocycles. The van der Waals surface area contributed by atoms with Gasteiger partial charge in [-0.3, -0.25) is 4.79 Å². The topological polar surface area (TPSA) is 46.6 Å². The summed E-state index contributed by atoms with van der Waals surface area (Å²) in [6.07, 6.45) is 0.899. The molecule has 0 unspecified atom stereocenters. The summed E-state index contributed by atoms with van der Waals surface area (Å²) in [4.78, 5) is 24.4. The van der Waals surface area contributed by atoms with Crippen LogP contribution < -0.4 is 4.90 Å². The molecule has 98 valence electrons. The van der Waals surface area contributed by atoms with E-state index in [1.165, 1.54) is 7.11 Å². The molecule has 0 aliphatic rings. The van der Waals surface area contributed by atoms with Crippen molar-refractivity contribution >= 4 is 17.9 Å². The quantitative estimate of drug-likeness (QED) is 0.590. The van der Waals surface area contributed by atoms with Gasteiger partial charge in [0.2, 0.25) is 0 Å². The van der Waals surface area contributed by atoms with Gasteiger partial charge in [0.05, 0.1) is 13.0 Å². The largest absolute Gasteiger partial charge is 0.469 e. The second-order valence-corrected chi connectivity index (χ2v) is 4.41. The zero-order chi connectivity index (χ0) is 13.7. The molecule has 0 aromatic heterocycles. The lowest BCUT2D eigenvalue weighted by atomic mass is 9.92. The van der Waals surface area contributed by atoms with Gasteiger partial charge in [0.1, 0.15) is 6.29 Å². The summed E-state index contributed by atoms with van der Waals surface area (Å²) in [6, 6.07) is 5.81. The normalized spacial score (nSPS) is 11.8. The average molecular weight is 249 g/mol. The minimum Gasteiger partial charge on any atom is -0.469 e. The summed E-state index contributed by atoms with van der Waals surface area (Å²) < 4.78 is 4.74. The predicted octanol–water partition coefficient (Wildman–Crippen LogP) is 1.91. The third-order valence-corrected chi connectivity index (χ3v) is 2.96. The maximum absolute atomic E-state index is 11.7. The number of carbonyl (C=O) groups is 2. The molecule has 0 spiro atoms. The van der Waals surface area contributed by atoms with Crippen molar-refractivity contribution in [3.05, 3.63) is 29.3 Å². The fraction of sp³-hybridized carbons (Fsp3) is 0.429. The number of hydrogen-bond acceptors (Lipinski definition) is 4. The first-order valence-corrected chi connectivity index (χ1v) is 5.80. The van der Waals surface area contributed by atoms with Crippen molar-refractivity contribution in [3.8, 4) is 0 Å². The Labute approximate surface area is 108 Å². The van der Waals surface area contributed by atoms with Crippen LogP contribution in [-0.2, 0) is 14.3 Å². The summed E-state index contributed by atoms with van der Waals surface area (Å²) in [6.45, 7) is 1.93. The first kappa shape index (κ1) is 14.2. The van der Waals surface area contributed by atoms with E-state index in [1.54, 1.807) is 0 Å². The number of aldehydes is 1. The van der Waals surface area contributed by atoms with Crippen LogP contribution in [0.3, 0.4) is 0 Å². The lowest BCUT2D eigenvalue weighted by Gasteiger charge is -2.18. The summed E-state index contributed by atoms with van der Waals surface area (Å²) in [7, 11) is 5.25. The van der Waals surface area contributed by atoms with Crippen LogP contribution in [0, 0.1) is 6.92 Å². The summed E-state index contributed by atoms with van der Waals surface area (Å²) in [5, 5.41) is 0. The molecule has 0 fully saturated rings. The van der Waals surface area contributed by atoms with Crippen molar-refractivity contribution in [2.24, 2.45) is 0 Å². The lowest BCUT2D eigenvalue weighted by molar-refractivity contribution is -0.143. The minimum atomic E-state index is -0.510. The molecule has 0 heterocycles. The molecule has 0 saturated carbocycles. The van der Waals surface area contributed by atoms with Crippen molar-refractivity contribution < 1.29 is 14.3 Å². The molecular weight excluding hydrogens is 230 g/mol. The van der Waals surface area contributed by atoms with Crippen LogP contribution >= 0.6 is 0 Å². The van der Waals surface area contributed by atoms with Crippen LogP contribution in [0.1, 0.15) is 23.5 Å². The Morgan fingerprint density at radius 2 is 2.11 bits per heavy atom. The van der Waals surface area contributed by atoms with E-state index in [2.05, 4.69) is 0 Å². The second-order valence-electron chi connectivity index (χ2n) is 4.41. The molecule has 4 heteroatoms. The van der Waals surface area contributed by atoms with Crippen LogP contribution in [0.2, 0.25) is 0 Å². The van der Waals surface area contributed by atoms with Crippen LogP contribution in [0.5, 0.6) is 0 Å². The number of anilines is 1. The average Bonchev–Trinajstić information content (AvgIpc) is 2.35. The van der Waals surface area contributed by atoms with Crippen LogP contribution in [0.25, 0.3) is 0 Å². The van der Waals surface area contributed by atoms with Gasteiger partial charge < -0.3 is 14.4 Å². The SMILES string of the molecule is COC(=O)[C@H](CC=O)c1ccc(N(C)C)cc1C. The maximum Gasteiger partial charge on any atom is 0.313 e. The van der Waals surface area contributed by atoms with E-state index in [0.717, 1.165) is 23.1 Å². The summed E-state index contributed by atoms with van der Waals surface area (Å²) in [5.74, 6) is -0.883. The Kier molecular flexibility index (Phi) is 4.89. The third-order valence-electron chi connectivity index (χ3n) is 2.96. The molecule has 18 heavy (non-hydrogen) atoms. The molecule has 0 aliphatic heterocycles. The molecule has 0 N–H and O–H groups in total. The fourth-order valence-electron chi connectivity index (χ4n) is 1.92. The number of esters is 1. The van der Waals surface area contributed by atoms with Crippen LogP contribution in [-0.4, -0.2) is 33.5 Å². The number of nitrogens with zero attached hydrogens (tertiary/aromatic N) is 1. The molecule has 0 radical (unpaired) electrons. The number of aryl methyl sites for hydroxylation is 1. The van der Waals surface area contributed by atoms with Gasteiger partial charge >= 0.3 is 5.97 Å². The van der Waals surface area contributed by atoms with E-state index in [4.69, 9.17) is 4.74 Å². The first-order chi connectivity index (χ1) is 8.51. The predicted molar refractivity (Wildman–Crippen MR) is 70.9 cm³/mol. The van der Waals surface area contributed by atoms with E-state index in [9.17, 15) is 9.59 Å². The monoisotopic (exact) mass is 249 g/mol. The number of rotatable bonds is 5. The number of benzene rings is 1. The van der Waals surface area contributed by atoms with Gasteiger partial charge in [0.15, 0.2) is 0 Å². The molecule has 1 aromatic rings. The van der Waals surface area contributed by atoms with Crippen molar-refractivity contribution in [2.75, 3.05) is 26.1 Å². The first-order valence-electron chi connectivity index (χ1n) is 5.80. The summed E-state index contributed by atoms with van der Waals surface area (Å²) >= 11 is 0. The second kappa shape index (κ2) is 6.19. The number of hydrogen-bond donors (Lipinski definition) is 0. The maximum atomic E-state index is 11.7. The van der Waals surface area contributed by atoms with E-state index < -0.39 is 5.92 Å². The number of carbonyl (C=O) groups excluding carboxylic acids is 2. The van der Waals surface area contributed by atoms with Crippen molar-refractivity contribution in [1.82, 2.24) is 0 Å². The van der Waals surface area contributed by atoms with Crippen molar-refractivity contribution in [1.29, 1.82) is 0 Å². The van der Waals surface area contributed by atoms with E-state index in [-0.39, 0.29) is 12.4 Å². The van der Waals surface area contributed by atoms with E-state index in [0.29, 0.717) is 0 Å². The van der Waals surface area contributed by atoms with Gasteiger partial charge in [-0.2, -0.15) is 0 Å². The molecule has 0 bridgehead atoms. The number of methoxy groups -OCH3 is 1. The van der Waals surface area contributed by atoms with E-state index >= 15 is 0 Å². The molecule has 1 rings (SSSR count). The lowest BCUT2D eigenvalue weighted by Crippen LogP contribution is -2.16. The van der Waals surface area contributed by atoms with Crippen molar-refractivity contribution in [3.63, 3.8) is 0 Å². The van der Waals surface area contributed by atoms with Gasteiger partial charge in [-0.1, -0.05) is 6.07 Å². The Morgan fingerprint density at radius 1 is 1.44 bits per heavy atom. The van der Waals surface area contributed by atoms with E-state index in [1.807, 2.05) is 44.1 Å². The smallest absolute Gasteiger partial charge is 0.313 e. The van der Waals surface area contributed by atoms with Gasteiger partial charge in [-0.15, -0.1) is 0 Å². The fourth-order valence-corrected chi connectivity index (χ4v) is 1.92.